The molecule has 1 aliphatic rings. The maximum Gasteiger partial charge on any atom is 0.242 e. The Balaban J connectivity index is 2.35. The van der Waals surface area contributed by atoms with E-state index in [1.54, 1.807) is 7.11 Å². The van der Waals surface area contributed by atoms with Crippen molar-refractivity contribution in [3.63, 3.8) is 0 Å². The minimum atomic E-state index is -0.778. The van der Waals surface area contributed by atoms with Gasteiger partial charge < -0.3 is 14.8 Å². The van der Waals surface area contributed by atoms with Crippen LogP contribution in [0.1, 0.15) is 30.4 Å². The van der Waals surface area contributed by atoms with Crippen molar-refractivity contribution >= 4 is 17.5 Å². The predicted molar refractivity (Wildman–Crippen MR) is 74.1 cm³/mol. The van der Waals surface area contributed by atoms with Gasteiger partial charge in [0.2, 0.25) is 5.91 Å². The van der Waals surface area contributed by atoms with Crippen LogP contribution in [0.3, 0.4) is 0 Å². The average Bonchev–Trinajstić information content (AvgIpc) is 2.75. The number of halogens is 1. The number of fused-ring (bicyclic) bond motifs is 1. The second-order valence-electron chi connectivity index (χ2n) is 4.59. The van der Waals surface area contributed by atoms with Crippen molar-refractivity contribution in [1.29, 1.82) is 0 Å². The summed E-state index contributed by atoms with van der Waals surface area (Å²) in [6, 6.07) is 3.72. The third kappa shape index (κ3) is 2.78. The Morgan fingerprint density at radius 3 is 3.00 bits per heavy atom. The van der Waals surface area contributed by atoms with E-state index in [0.29, 0.717) is 17.9 Å². The molecule has 2 rings (SSSR count). The van der Waals surface area contributed by atoms with E-state index in [1.165, 1.54) is 0 Å². The fourth-order valence-electron chi connectivity index (χ4n) is 2.24. The number of carbonyl (C=O) groups excluding carboxylic acids is 1. The second kappa shape index (κ2) is 5.70. The summed E-state index contributed by atoms with van der Waals surface area (Å²) in [6.07, 6.45) is 0.994. The highest BCUT2D eigenvalue weighted by molar-refractivity contribution is 6.31. The summed E-state index contributed by atoms with van der Waals surface area (Å²) in [7, 11) is 1.58. The van der Waals surface area contributed by atoms with Gasteiger partial charge in [-0.15, -0.1) is 11.6 Å². The summed E-state index contributed by atoms with van der Waals surface area (Å²) in [5.41, 5.74) is 1.73. The van der Waals surface area contributed by atoms with Gasteiger partial charge in [-0.05, 0) is 26.0 Å². The van der Waals surface area contributed by atoms with Crippen molar-refractivity contribution in [2.24, 2.45) is 0 Å². The van der Waals surface area contributed by atoms with Crippen molar-refractivity contribution < 1.29 is 14.3 Å². The number of alkyl halides is 1. The zero-order valence-corrected chi connectivity index (χ0v) is 12.1. The number of carbonyl (C=O) groups is 1. The maximum atomic E-state index is 11.8. The van der Waals surface area contributed by atoms with Crippen LogP contribution in [-0.4, -0.2) is 25.7 Å². The monoisotopic (exact) mass is 283 g/mol. The van der Waals surface area contributed by atoms with Crippen molar-refractivity contribution in [2.75, 3.05) is 13.7 Å². The molecule has 0 aromatic heterocycles. The van der Waals surface area contributed by atoms with E-state index in [9.17, 15) is 4.79 Å². The first-order valence-electron chi connectivity index (χ1n) is 6.36. The van der Waals surface area contributed by atoms with Crippen molar-refractivity contribution in [3.8, 4) is 11.5 Å². The molecule has 0 aliphatic carbocycles. The zero-order chi connectivity index (χ0) is 14.0. The molecule has 4 nitrogen and oxygen atoms in total. The molecule has 0 bridgehead atoms. The summed E-state index contributed by atoms with van der Waals surface area (Å²) in [6.45, 7) is 4.41. The first-order valence-corrected chi connectivity index (χ1v) is 6.79. The zero-order valence-electron chi connectivity index (χ0n) is 11.3. The predicted octanol–water partition coefficient (Wildman–Crippen LogP) is 2.43. The van der Waals surface area contributed by atoms with Crippen molar-refractivity contribution in [3.05, 3.63) is 23.3 Å². The number of amides is 1. The number of rotatable bonds is 4. The van der Waals surface area contributed by atoms with Gasteiger partial charge in [-0.25, -0.2) is 0 Å². The molecule has 0 saturated carbocycles. The molecule has 2 atom stereocenters. The summed E-state index contributed by atoms with van der Waals surface area (Å²) < 4.78 is 11.0. The Bertz CT molecular complexity index is 490. The van der Waals surface area contributed by atoms with Crippen LogP contribution in [0.15, 0.2) is 12.1 Å². The topological polar surface area (TPSA) is 47.6 Å². The first kappa shape index (κ1) is 14.0. The molecule has 1 N–H and O–H groups in total. The third-order valence-electron chi connectivity index (χ3n) is 3.10. The number of methoxy groups -OCH3 is 1. The normalized spacial score (nSPS) is 18.4. The molecule has 0 spiro atoms. The number of nitrogens with one attached hydrogen (secondary N) is 1. The first-order chi connectivity index (χ1) is 9.06. The molecule has 0 fully saturated rings. The molecule has 0 radical (unpaired) electrons. The smallest absolute Gasteiger partial charge is 0.242 e. The Labute approximate surface area is 118 Å². The lowest BCUT2D eigenvalue weighted by Gasteiger charge is -2.15. The van der Waals surface area contributed by atoms with Crippen LogP contribution >= 0.6 is 11.6 Å². The lowest BCUT2D eigenvalue weighted by Crippen LogP contribution is -2.26. The van der Waals surface area contributed by atoms with Gasteiger partial charge in [0.1, 0.15) is 23.0 Å². The minimum Gasteiger partial charge on any atom is -0.496 e. The van der Waals surface area contributed by atoms with Crippen LogP contribution < -0.4 is 14.8 Å². The fourth-order valence-corrected chi connectivity index (χ4v) is 2.48. The van der Waals surface area contributed by atoms with Gasteiger partial charge in [0.05, 0.1) is 7.11 Å². The maximum absolute atomic E-state index is 11.8. The highest BCUT2D eigenvalue weighted by atomic mass is 35.5. The molecule has 1 amide bonds. The van der Waals surface area contributed by atoms with Crippen LogP contribution in [0.5, 0.6) is 11.5 Å². The van der Waals surface area contributed by atoms with Gasteiger partial charge in [0.25, 0.3) is 0 Å². The molecule has 5 heteroatoms. The summed E-state index contributed by atoms with van der Waals surface area (Å²) >= 11 is 6.21. The Hall–Kier alpha value is -1.42. The lowest BCUT2D eigenvalue weighted by molar-refractivity contribution is -0.120. The molecule has 19 heavy (non-hydrogen) atoms. The quantitative estimate of drug-likeness (QED) is 0.864. The van der Waals surface area contributed by atoms with E-state index in [1.807, 2.05) is 26.0 Å². The van der Waals surface area contributed by atoms with E-state index in [2.05, 4.69) is 5.32 Å². The summed E-state index contributed by atoms with van der Waals surface area (Å²) in [5, 5.41) is 1.93. The van der Waals surface area contributed by atoms with Gasteiger partial charge in [-0.3, -0.25) is 4.79 Å². The van der Waals surface area contributed by atoms with Gasteiger partial charge in [0.15, 0.2) is 0 Å². The van der Waals surface area contributed by atoms with E-state index in [4.69, 9.17) is 21.1 Å². The number of ether oxygens (including phenoxy) is 2. The Morgan fingerprint density at radius 2 is 2.37 bits per heavy atom. The van der Waals surface area contributed by atoms with Crippen molar-refractivity contribution in [1.82, 2.24) is 5.32 Å². The number of hydrogen-bond acceptors (Lipinski definition) is 3. The van der Waals surface area contributed by atoms with Crippen LogP contribution in [0, 0.1) is 0 Å². The molecule has 2 unspecified atom stereocenters. The highest BCUT2D eigenvalue weighted by Crippen LogP contribution is 2.39. The molecular formula is C14H18ClNO3. The number of likely N-dealkylation sites (N-methyl/N-ethyl adjacent to an activating group) is 1. The summed E-state index contributed by atoms with van der Waals surface area (Å²) in [5.74, 6) is 1.19. The van der Waals surface area contributed by atoms with Crippen LogP contribution in [0.4, 0.5) is 0 Å². The highest BCUT2D eigenvalue weighted by Gasteiger charge is 2.27. The van der Waals surface area contributed by atoms with Gasteiger partial charge in [-0.2, -0.15) is 0 Å². The van der Waals surface area contributed by atoms with Gasteiger partial charge in [-0.1, -0.05) is 0 Å². The van der Waals surface area contributed by atoms with Gasteiger partial charge in [0, 0.05) is 24.1 Å². The van der Waals surface area contributed by atoms with E-state index >= 15 is 0 Å². The molecule has 1 aromatic carbocycles. The minimum absolute atomic E-state index is 0.146. The Kier molecular flexibility index (Phi) is 4.20. The molecule has 1 aliphatic heterocycles. The van der Waals surface area contributed by atoms with Crippen LogP contribution in [0.25, 0.3) is 0 Å². The lowest BCUT2D eigenvalue weighted by atomic mass is 10.0. The molecule has 1 aromatic rings. The largest absolute Gasteiger partial charge is 0.496 e. The molecule has 0 saturated heterocycles. The molecular weight excluding hydrogens is 266 g/mol. The van der Waals surface area contributed by atoms with Gasteiger partial charge >= 0.3 is 0 Å². The fraction of sp³-hybridized carbons (Fsp3) is 0.500. The number of benzene rings is 1. The standard InChI is InChI=1S/C14H18ClNO3/c1-4-16-14(17)13(15)10-7-11-9(5-8(2)19-11)6-12(10)18-3/h6-8,13H,4-5H2,1-3H3,(H,16,17). The second-order valence-corrected chi connectivity index (χ2v) is 5.03. The number of hydrogen-bond donors (Lipinski definition) is 1. The van der Waals surface area contributed by atoms with E-state index < -0.39 is 5.38 Å². The van der Waals surface area contributed by atoms with E-state index in [0.717, 1.165) is 17.7 Å². The molecule has 104 valence electrons. The average molecular weight is 284 g/mol. The third-order valence-corrected chi connectivity index (χ3v) is 3.54. The SMILES string of the molecule is CCNC(=O)C(Cl)c1cc2c(cc1OC)CC(C)O2. The van der Waals surface area contributed by atoms with E-state index in [-0.39, 0.29) is 12.0 Å². The Morgan fingerprint density at radius 1 is 1.63 bits per heavy atom. The van der Waals surface area contributed by atoms with Crippen LogP contribution in [-0.2, 0) is 11.2 Å². The van der Waals surface area contributed by atoms with Crippen molar-refractivity contribution in [2.45, 2.75) is 31.7 Å². The van der Waals surface area contributed by atoms with Crippen LogP contribution in [0.2, 0.25) is 0 Å². The molecule has 1 heterocycles. The summed E-state index contributed by atoms with van der Waals surface area (Å²) in [4.78, 5) is 11.8.